The zero-order chi connectivity index (χ0) is 15.6. The van der Waals surface area contributed by atoms with Crippen molar-refractivity contribution in [3.63, 3.8) is 0 Å². The van der Waals surface area contributed by atoms with Crippen LogP contribution in [0, 0.1) is 5.92 Å². The van der Waals surface area contributed by atoms with Gasteiger partial charge in [0.2, 0.25) is 0 Å². The third kappa shape index (κ3) is 4.03. The summed E-state index contributed by atoms with van der Waals surface area (Å²) >= 11 is 0. The summed E-state index contributed by atoms with van der Waals surface area (Å²) in [7, 11) is 0. The summed E-state index contributed by atoms with van der Waals surface area (Å²) in [6, 6.07) is 3.61. The Morgan fingerprint density at radius 3 is 2.62 bits per heavy atom. The van der Waals surface area contributed by atoms with Crippen molar-refractivity contribution < 1.29 is 23.4 Å². The van der Waals surface area contributed by atoms with Gasteiger partial charge in [0.15, 0.2) is 0 Å². The first-order valence-corrected chi connectivity index (χ1v) is 7.12. The van der Waals surface area contributed by atoms with Crippen molar-refractivity contribution in [3.8, 4) is 11.5 Å². The minimum absolute atomic E-state index is 0.0215. The van der Waals surface area contributed by atoms with Crippen LogP contribution in [0.5, 0.6) is 11.5 Å². The van der Waals surface area contributed by atoms with Gasteiger partial charge in [-0.25, -0.2) is 0 Å². The first-order valence-electron chi connectivity index (χ1n) is 7.12. The van der Waals surface area contributed by atoms with E-state index in [4.69, 9.17) is 0 Å². The Morgan fingerprint density at radius 1 is 1.24 bits per heavy atom. The zero-order valence-corrected chi connectivity index (χ0v) is 11.8. The van der Waals surface area contributed by atoms with Gasteiger partial charge in [0.05, 0.1) is 5.92 Å². The molecule has 0 amide bonds. The van der Waals surface area contributed by atoms with E-state index >= 15 is 0 Å². The smallest absolute Gasteiger partial charge is 0.391 e. The second kappa shape index (κ2) is 6.13. The summed E-state index contributed by atoms with van der Waals surface area (Å²) in [4.78, 5) is 0. The molecule has 0 heterocycles. The fraction of sp³-hybridized carbons (Fsp3) is 0.600. The van der Waals surface area contributed by atoms with Gasteiger partial charge in [0.1, 0.15) is 11.5 Å². The van der Waals surface area contributed by atoms with E-state index in [1.54, 1.807) is 6.92 Å². The molecule has 0 spiro atoms. The lowest BCUT2D eigenvalue weighted by molar-refractivity contribution is -0.183. The van der Waals surface area contributed by atoms with Gasteiger partial charge in [-0.1, -0.05) is 6.42 Å². The van der Waals surface area contributed by atoms with Crippen molar-refractivity contribution in [2.45, 2.75) is 50.9 Å². The first-order chi connectivity index (χ1) is 9.77. The Labute approximate surface area is 121 Å². The molecule has 0 aromatic heterocycles. The van der Waals surface area contributed by atoms with Gasteiger partial charge < -0.3 is 15.5 Å². The lowest BCUT2D eigenvalue weighted by atomic mass is 9.84. The Hall–Kier alpha value is -1.43. The van der Waals surface area contributed by atoms with Crippen molar-refractivity contribution in [1.82, 2.24) is 5.32 Å². The summed E-state index contributed by atoms with van der Waals surface area (Å²) < 4.78 is 38.4. The summed E-state index contributed by atoms with van der Waals surface area (Å²) in [5, 5.41) is 22.4. The highest BCUT2D eigenvalue weighted by Crippen LogP contribution is 2.38. The van der Waals surface area contributed by atoms with Gasteiger partial charge in [-0.05, 0) is 44.4 Å². The van der Waals surface area contributed by atoms with Crippen LogP contribution >= 0.6 is 0 Å². The number of aromatic hydroxyl groups is 2. The van der Waals surface area contributed by atoms with E-state index in [1.807, 2.05) is 0 Å². The monoisotopic (exact) mass is 303 g/mol. The average Bonchev–Trinajstić information content (AvgIpc) is 2.41. The van der Waals surface area contributed by atoms with Crippen LogP contribution in [-0.4, -0.2) is 22.4 Å². The molecule has 3 atom stereocenters. The number of phenolic OH excluding ortho intramolecular Hbond substituents is 2. The molecule has 3 unspecified atom stereocenters. The largest absolute Gasteiger partial charge is 0.508 e. The van der Waals surface area contributed by atoms with Crippen molar-refractivity contribution >= 4 is 0 Å². The quantitative estimate of drug-likeness (QED) is 0.743. The van der Waals surface area contributed by atoms with E-state index in [0.29, 0.717) is 18.4 Å². The number of nitrogens with one attached hydrogen (secondary N) is 1. The van der Waals surface area contributed by atoms with E-state index in [2.05, 4.69) is 5.32 Å². The van der Waals surface area contributed by atoms with Gasteiger partial charge in [-0.3, -0.25) is 0 Å². The SMILES string of the molecule is CC(NC1CCCC(C(F)(F)F)C1)c1cc(O)ccc1O. The highest BCUT2D eigenvalue weighted by atomic mass is 19.4. The molecule has 2 rings (SSSR count). The van der Waals surface area contributed by atoms with Crippen molar-refractivity contribution in [2.24, 2.45) is 5.92 Å². The topological polar surface area (TPSA) is 52.5 Å². The predicted octanol–water partition coefficient (Wildman–Crippen LogP) is 3.87. The van der Waals surface area contributed by atoms with E-state index in [-0.39, 0.29) is 36.4 Å². The number of halogens is 3. The molecule has 1 aliphatic rings. The second-order valence-electron chi connectivity index (χ2n) is 5.73. The van der Waals surface area contributed by atoms with Crippen LogP contribution in [0.2, 0.25) is 0 Å². The Bertz CT molecular complexity index is 490. The standard InChI is InChI=1S/C15H20F3NO2/c1-9(13-8-12(20)5-6-14(13)21)19-11-4-2-3-10(7-11)15(16,17)18/h5-6,8-11,19-21H,2-4,7H2,1H3. The van der Waals surface area contributed by atoms with Crippen LogP contribution in [0.3, 0.4) is 0 Å². The van der Waals surface area contributed by atoms with E-state index in [1.165, 1.54) is 18.2 Å². The highest BCUT2D eigenvalue weighted by molar-refractivity contribution is 5.40. The molecule has 1 aliphatic carbocycles. The average molecular weight is 303 g/mol. The molecule has 0 aliphatic heterocycles. The second-order valence-corrected chi connectivity index (χ2v) is 5.73. The summed E-state index contributed by atoms with van der Waals surface area (Å²) in [6.45, 7) is 1.77. The first kappa shape index (κ1) is 15.9. The van der Waals surface area contributed by atoms with Crippen molar-refractivity contribution in [1.29, 1.82) is 0 Å². The van der Waals surface area contributed by atoms with Gasteiger partial charge in [-0.15, -0.1) is 0 Å². The van der Waals surface area contributed by atoms with Gasteiger partial charge in [0.25, 0.3) is 0 Å². The fourth-order valence-electron chi connectivity index (χ4n) is 2.97. The summed E-state index contributed by atoms with van der Waals surface area (Å²) in [6.07, 6.45) is -2.66. The molecular formula is C15H20F3NO2. The molecule has 3 N–H and O–H groups in total. The number of phenols is 2. The molecule has 1 fully saturated rings. The molecule has 0 saturated heterocycles. The number of benzene rings is 1. The van der Waals surface area contributed by atoms with Crippen LogP contribution in [-0.2, 0) is 0 Å². The van der Waals surface area contributed by atoms with E-state index < -0.39 is 12.1 Å². The molecule has 1 aromatic rings. The maximum absolute atomic E-state index is 12.8. The molecule has 0 radical (unpaired) electrons. The van der Waals surface area contributed by atoms with Gasteiger partial charge >= 0.3 is 6.18 Å². The number of rotatable bonds is 3. The number of alkyl halides is 3. The lowest BCUT2D eigenvalue weighted by Crippen LogP contribution is -2.39. The molecule has 1 aromatic carbocycles. The Morgan fingerprint density at radius 2 is 1.95 bits per heavy atom. The molecule has 118 valence electrons. The molecular weight excluding hydrogens is 283 g/mol. The minimum Gasteiger partial charge on any atom is -0.508 e. The molecule has 21 heavy (non-hydrogen) atoms. The van der Waals surface area contributed by atoms with Gasteiger partial charge in [-0.2, -0.15) is 13.2 Å². The summed E-state index contributed by atoms with van der Waals surface area (Å²) in [5.41, 5.74) is 0.490. The maximum atomic E-state index is 12.8. The lowest BCUT2D eigenvalue weighted by Gasteiger charge is -2.33. The predicted molar refractivity (Wildman–Crippen MR) is 73.1 cm³/mol. The molecule has 3 nitrogen and oxygen atoms in total. The van der Waals surface area contributed by atoms with Crippen molar-refractivity contribution in [3.05, 3.63) is 23.8 Å². The third-order valence-corrected chi connectivity index (χ3v) is 4.10. The fourth-order valence-corrected chi connectivity index (χ4v) is 2.97. The molecule has 6 heteroatoms. The Kier molecular flexibility index (Phi) is 4.66. The van der Waals surface area contributed by atoms with Crippen LogP contribution in [0.15, 0.2) is 18.2 Å². The van der Waals surface area contributed by atoms with Crippen LogP contribution in [0.25, 0.3) is 0 Å². The maximum Gasteiger partial charge on any atom is 0.391 e. The third-order valence-electron chi connectivity index (χ3n) is 4.10. The number of hydrogen-bond donors (Lipinski definition) is 3. The van der Waals surface area contributed by atoms with Crippen molar-refractivity contribution in [2.75, 3.05) is 0 Å². The zero-order valence-electron chi connectivity index (χ0n) is 11.8. The molecule has 1 saturated carbocycles. The van der Waals surface area contributed by atoms with Crippen LogP contribution in [0.1, 0.15) is 44.2 Å². The van der Waals surface area contributed by atoms with Crippen LogP contribution < -0.4 is 5.32 Å². The normalized spacial score (nSPS) is 24.8. The summed E-state index contributed by atoms with van der Waals surface area (Å²) in [5.74, 6) is -1.21. The van der Waals surface area contributed by atoms with Gasteiger partial charge in [0, 0.05) is 17.6 Å². The molecule has 0 bridgehead atoms. The highest BCUT2D eigenvalue weighted by Gasteiger charge is 2.42. The van der Waals surface area contributed by atoms with E-state index in [9.17, 15) is 23.4 Å². The minimum atomic E-state index is -4.14. The number of hydrogen-bond acceptors (Lipinski definition) is 3. The van der Waals surface area contributed by atoms with Crippen LogP contribution in [0.4, 0.5) is 13.2 Å². The Balaban J connectivity index is 2.02. The van der Waals surface area contributed by atoms with E-state index in [0.717, 1.165) is 0 Å².